The molecule has 7 nitrogen and oxygen atoms in total. The molecule has 26 heavy (non-hydrogen) atoms. The van der Waals surface area contributed by atoms with Crippen molar-refractivity contribution < 1.29 is 4.79 Å². The molecule has 1 fully saturated rings. The van der Waals surface area contributed by atoms with E-state index in [9.17, 15) is 4.79 Å². The zero-order valence-electron chi connectivity index (χ0n) is 14.8. The Hall–Kier alpha value is -2.96. The van der Waals surface area contributed by atoms with Gasteiger partial charge in [-0.15, -0.1) is 0 Å². The van der Waals surface area contributed by atoms with Gasteiger partial charge in [0, 0.05) is 57.0 Å². The van der Waals surface area contributed by atoms with Gasteiger partial charge >= 0.3 is 0 Å². The van der Waals surface area contributed by atoms with Gasteiger partial charge in [0.1, 0.15) is 5.82 Å². The van der Waals surface area contributed by atoms with Gasteiger partial charge in [0.2, 0.25) is 0 Å². The fourth-order valence-corrected chi connectivity index (χ4v) is 3.59. The lowest BCUT2D eigenvalue weighted by molar-refractivity contribution is 0.0703. The molecule has 0 aliphatic carbocycles. The number of likely N-dealkylation sites (tertiary alicyclic amines) is 1. The Morgan fingerprint density at radius 1 is 1.31 bits per heavy atom. The molecule has 0 radical (unpaired) electrons. The maximum atomic E-state index is 12.7. The minimum Gasteiger partial charge on any atom is -0.338 e. The number of piperidine rings is 1. The molecule has 4 rings (SSSR count). The number of aromatic nitrogens is 5. The lowest BCUT2D eigenvalue weighted by Crippen LogP contribution is -2.39. The van der Waals surface area contributed by atoms with Crippen molar-refractivity contribution in [3.8, 4) is 0 Å². The molecule has 0 aromatic carbocycles. The molecule has 1 aliphatic heterocycles. The number of imidazole rings is 1. The quantitative estimate of drug-likeness (QED) is 0.722. The van der Waals surface area contributed by atoms with Gasteiger partial charge in [-0.2, -0.15) is 5.10 Å². The number of carbonyl (C=O) groups excluding carboxylic acids is 1. The van der Waals surface area contributed by atoms with Gasteiger partial charge in [0.15, 0.2) is 0 Å². The van der Waals surface area contributed by atoms with Gasteiger partial charge in [-0.1, -0.05) is 6.07 Å². The Morgan fingerprint density at radius 3 is 3.00 bits per heavy atom. The second kappa shape index (κ2) is 7.11. The maximum Gasteiger partial charge on any atom is 0.257 e. The predicted molar refractivity (Wildman–Crippen MR) is 96.7 cm³/mol. The van der Waals surface area contributed by atoms with Crippen LogP contribution in [0.1, 0.15) is 40.5 Å². The number of rotatable bonds is 4. The van der Waals surface area contributed by atoms with E-state index in [-0.39, 0.29) is 11.8 Å². The molecule has 0 bridgehead atoms. The Morgan fingerprint density at radius 2 is 2.23 bits per heavy atom. The van der Waals surface area contributed by atoms with Gasteiger partial charge in [-0.05, 0) is 24.5 Å². The summed E-state index contributed by atoms with van der Waals surface area (Å²) in [7, 11) is 1.82. The number of nitrogens with zero attached hydrogens (tertiary/aromatic N) is 6. The summed E-state index contributed by atoms with van der Waals surface area (Å²) < 4.78 is 3.83. The van der Waals surface area contributed by atoms with Crippen molar-refractivity contribution in [1.82, 2.24) is 29.2 Å². The first-order valence-corrected chi connectivity index (χ1v) is 8.88. The second-order valence-corrected chi connectivity index (χ2v) is 6.77. The van der Waals surface area contributed by atoms with Crippen molar-refractivity contribution in [2.45, 2.75) is 25.3 Å². The summed E-state index contributed by atoms with van der Waals surface area (Å²) in [5.41, 5.74) is 1.79. The molecule has 0 N–H and O–H groups in total. The van der Waals surface area contributed by atoms with E-state index in [0.29, 0.717) is 12.1 Å². The summed E-state index contributed by atoms with van der Waals surface area (Å²) in [5.74, 6) is 1.33. The average molecular weight is 350 g/mol. The number of hydrogen-bond acceptors (Lipinski definition) is 4. The zero-order valence-corrected chi connectivity index (χ0v) is 14.8. The number of amides is 1. The van der Waals surface area contributed by atoms with Crippen LogP contribution < -0.4 is 0 Å². The highest BCUT2D eigenvalue weighted by molar-refractivity contribution is 5.93. The maximum absolute atomic E-state index is 12.7. The monoisotopic (exact) mass is 350 g/mol. The first-order valence-electron chi connectivity index (χ1n) is 8.88. The van der Waals surface area contributed by atoms with Crippen LogP contribution in [0.2, 0.25) is 0 Å². The van der Waals surface area contributed by atoms with Gasteiger partial charge in [0.05, 0.1) is 18.3 Å². The average Bonchev–Trinajstić information content (AvgIpc) is 3.31. The standard InChI is InChI=1S/C19H22N6O/c1-23-13-17(11-22-23)19(26)25-8-3-5-16(14-25)18-21-7-9-24(18)12-15-4-2-6-20-10-15/h2,4,6-7,9-11,13,16H,3,5,8,12,14H2,1H3/t16-/m1/s1. The molecule has 1 saturated heterocycles. The number of pyridine rings is 1. The van der Waals surface area contributed by atoms with Gasteiger partial charge < -0.3 is 9.47 Å². The van der Waals surface area contributed by atoms with Crippen molar-refractivity contribution in [2.75, 3.05) is 13.1 Å². The summed E-state index contributed by atoms with van der Waals surface area (Å²) in [6, 6.07) is 4.01. The van der Waals surface area contributed by atoms with Crippen molar-refractivity contribution in [2.24, 2.45) is 7.05 Å². The molecule has 1 amide bonds. The molecule has 0 unspecified atom stereocenters. The lowest BCUT2D eigenvalue weighted by Gasteiger charge is -2.32. The molecule has 134 valence electrons. The largest absolute Gasteiger partial charge is 0.338 e. The summed E-state index contributed by atoms with van der Waals surface area (Å²) in [4.78, 5) is 23.4. The molecule has 3 aromatic heterocycles. The number of aryl methyl sites for hydroxylation is 1. The Kier molecular flexibility index (Phi) is 4.51. The van der Waals surface area contributed by atoms with Crippen LogP contribution in [0.5, 0.6) is 0 Å². The second-order valence-electron chi connectivity index (χ2n) is 6.77. The molecular weight excluding hydrogens is 328 g/mol. The van der Waals surface area contributed by atoms with Crippen LogP contribution in [0.15, 0.2) is 49.3 Å². The Bertz CT molecular complexity index is 884. The van der Waals surface area contributed by atoms with E-state index >= 15 is 0 Å². The summed E-state index contributed by atoms with van der Waals surface area (Å²) >= 11 is 0. The third kappa shape index (κ3) is 3.37. The smallest absolute Gasteiger partial charge is 0.257 e. The Labute approximate surface area is 152 Å². The number of carbonyl (C=O) groups is 1. The van der Waals surface area contributed by atoms with Crippen LogP contribution in [0.25, 0.3) is 0 Å². The minimum atomic E-state index is 0.0492. The fourth-order valence-electron chi connectivity index (χ4n) is 3.59. The van der Waals surface area contributed by atoms with Crippen molar-refractivity contribution in [1.29, 1.82) is 0 Å². The molecule has 1 atom stereocenters. The topological polar surface area (TPSA) is 68.8 Å². The van der Waals surface area contributed by atoms with Gasteiger partial charge in [-0.25, -0.2) is 4.98 Å². The molecule has 7 heteroatoms. The predicted octanol–water partition coefficient (Wildman–Crippen LogP) is 2.08. The van der Waals surface area contributed by atoms with Crippen LogP contribution >= 0.6 is 0 Å². The third-order valence-corrected chi connectivity index (χ3v) is 4.85. The van der Waals surface area contributed by atoms with Crippen molar-refractivity contribution in [3.05, 3.63) is 66.3 Å². The van der Waals surface area contributed by atoms with E-state index < -0.39 is 0 Å². The van der Waals surface area contributed by atoms with Crippen molar-refractivity contribution >= 4 is 5.91 Å². The molecule has 0 spiro atoms. The first-order chi connectivity index (χ1) is 12.7. The van der Waals surface area contributed by atoms with Crippen LogP contribution in [-0.4, -0.2) is 48.2 Å². The highest BCUT2D eigenvalue weighted by atomic mass is 16.2. The highest BCUT2D eigenvalue weighted by Crippen LogP contribution is 2.27. The van der Waals surface area contributed by atoms with Crippen LogP contribution in [-0.2, 0) is 13.6 Å². The van der Waals surface area contributed by atoms with E-state index in [2.05, 4.69) is 25.7 Å². The first kappa shape index (κ1) is 16.5. The molecule has 1 aliphatic rings. The fraction of sp³-hybridized carbons (Fsp3) is 0.368. The van der Waals surface area contributed by atoms with Gasteiger partial charge in [0.25, 0.3) is 5.91 Å². The van der Waals surface area contributed by atoms with Crippen LogP contribution in [0, 0.1) is 0 Å². The normalized spacial score (nSPS) is 17.4. The molecule has 3 aromatic rings. The van der Waals surface area contributed by atoms with Gasteiger partial charge in [-0.3, -0.25) is 14.5 Å². The summed E-state index contributed by atoms with van der Waals surface area (Å²) in [5, 5.41) is 4.11. The van der Waals surface area contributed by atoms with E-state index in [1.54, 1.807) is 23.3 Å². The van der Waals surface area contributed by atoms with E-state index in [1.165, 1.54) is 0 Å². The molecule has 0 saturated carbocycles. The summed E-state index contributed by atoms with van der Waals surface area (Å²) in [6.45, 7) is 2.22. The Balaban J connectivity index is 1.50. The SMILES string of the molecule is Cn1cc(C(=O)N2CCC[C@@H](c3nccn3Cc3cccnc3)C2)cn1. The van der Waals surface area contributed by atoms with E-state index in [1.807, 2.05) is 36.6 Å². The number of hydrogen-bond donors (Lipinski definition) is 0. The lowest BCUT2D eigenvalue weighted by atomic mass is 9.96. The van der Waals surface area contributed by atoms with E-state index in [4.69, 9.17) is 0 Å². The van der Waals surface area contributed by atoms with Crippen LogP contribution in [0.4, 0.5) is 0 Å². The third-order valence-electron chi connectivity index (χ3n) is 4.85. The van der Waals surface area contributed by atoms with E-state index in [0.717, 1.165) is 37.3 Å². The minimum absolute atomic E-state index is 0.0492. The van der Waals surface area contributed by atoms with Crippen molar-refractivity contribution in [3.63, 3.8) is 0 Å². The van der Waals surface area contributed by atoms with Crippen LogP contribution in [0.3, 0.4) is 0 Å². The molecular formula is C19H22N6O. The zero-order chi connectivity index (χ0) is 17.9. The molecule has 4 heterocycles. The summed E-state index contributed by atoms with van der Waals surface area (Å²) in [6.07, 6.45) is 12.9. The highest BCUT2D eigenvalue weighted by Gasteiger charge is 2.28.